The molecular weight excluding hydrogens is 459 g/mol. The summed E-state index contributed by atoms with van der Waals surface area (Å²) in [7, 11) is 3.89. The molecule has 0 saturated carbocycles. The smallest absolute Gasteiger partial charge is 0.355 e. The number of amides is 1. The maximum atomic E-state index is 14.3. The third-order valence-corrected chi connectivity index (χ3v) is 6.32. The van der Waals surface area contributed by atoms with Crippen molar-refractivity contribution in [3.05, 3.63) is 41.2 Å². The normalized spacial score (nSPS) is 15.3. The second-order valence-electron chi connectivity index (χ2n) is 9.28. The highest BCUT2D eigenvalue weighted by Crippen LogP contribution is 2.40. The summed E-state index contributed by atoms with van der Waals surface area (Å²) in [5, 5.41) is 15.6. The van der Waals surface area contributed by atoms with E-state index < -0.39 is 11.9 Å². The van der Waals surface area contributed by atoms with E-state index in [2.05, 4.69) is 20.6 Å². The molecule has 0 bridgehead atoms. The first-order chi connectivity index (χ1) is 16.6. The van der Waals surface area contributed by atoms with Gasteiger partial charge in [-0.3, -0.25) is 4.79 Å². The summed E-state index contributed by atoms with van der Waals surface area (Å²) in [6, 6.07) is 6.74. The van der Waals surface area contributed by atoms with E-state index in [4.69, 9.17) is 0 Å². The highest BCUT2D eigenvalue weighted by atomic mass is 19.4. The maximum absolute atomic E-state index is 14.3. The van der Waals surface area contributed by atoms with Gasteiger partial charge in [-0.05, 0) is 52.9 Å². The number of alkyl halides is 3. The molecule has 11 heteroatoms. The summed E-state index contributed by atoms with van der Waals surface area (Å²) >= 11 is 0. The summed E-state index contributed by atoms with van der Waals surface area (Å²) in [6.45, 7) is 5.68. The molecule has 1 amide bonds. The quantitative estimate of drug-likeness (QED) is 0.572. The van der Waals surface area contributed by atoms with E-state index >= 15 is 0 Å². The van der Waals surface area contributed by atoms with Crippen LogP contribution in [-0.2, 0) is 11.0 Å². The molecule has 0 unspecified atom stereocenters. The summed E-state index contributed by atoms with van der Waals surface area (Å²) < 4.78 is 43.7. The summed E-state index contributed by atoms with van der Waals surface area (Å²) in [4.78, 5) is 16.4. The van der Waals surface area contributed by atoms with Crippen LogP contribution in [0.15, 0.2) is 24.3 Å². The molecule has 188 valence electrons. The van der Waals surface area contributed by atoms with Crippen molar-refractivity contribution in [3.8, 4) is 5.69 Å². The number of hydrogen-bond donors (Lipinski definition) is 1. The van der Waals surface area contributed by atoms with Gasteiger partial charge in [-0.25, -0.2) is 4.68 Å². The number of aryl methyl sites for hydroxylation is 2. The second kappa shape index (κ2) is 9.80. The van der Waals surface area contributed by atoms with Crippen LogP contribution in [0.3, 0.4) is 0 Å². The van der Waals surface area contributed by atoms with E-state index in [0.29, 0.717) is 44.0 Å². The fraction of sp³-hybridized carbons (Fsp3) is 0.500. The fourth-order valence-corrected chi connectivity index (χ4v) is 4.39. The number of halogens is 3. The van der Waals surface area contributed by atoms with Gasteiger partial charge in [0.05, 0.1) is 16.8 Å². The predicted molar refractivity (Wildman–Crippen MR) is 128 cm³/mol. The number of nitrogens with zero attached hydrogens (tertiary/aromatic N) is 6. The molecule has 1 aliphatic heterocycles. The minimum atomic E-state index is -4.64. The van der Waals surface area contributed by atoms with Gasteiger partial charge in [0.25, 0.3) is 0 Å². The standard InChI is InChI=1S/C24H30F3N7O/c1-15-5-7-18(8-6-15)34-21(24(25,26)27)19-16(2)29-30-22(20(19)31-34)33-12-9-17(10-13-33)23(35)28-11-14-32(3)4/h5-8,17H,9-14H2,1-4H3,(H,28,35). The van der Waals surface area contributed by atoms with Crippen LogP contribution in [0.2, 0.25) is 0 Å². The van der Waals surface area contributed by atoms with Crippen LogP contribution in [0.1, 0.15) is 29.8 Å². The van der Waals surface area contributed by atoms with Gasteiger partial charge >= 0.3 is 6.18 Å². The molecule has 2 aromatic heterocycles. The van der Waals surface area contributed by atoms with Gasteiger partial charge in [0.15, 0.2) is 11.5 Å². The maximum Gasteiger partial charge on any atom is 0.434 e. The van der Waals surface area contributed by atoms with Crippen molar-refractivity contribution in [2.75, 3.05) is 45.2 Å². The lowest BCUT2D eigenvalue weighted by Gasteiger charge is -2.32. The Hall–Kier alpha value is -3.21. The van der Waals surface area contributed by atoms with E-state index in [-0.39, 0.29) is 28.4 Å². The number of rotatable bonds is 6. The Morgan fingerprint density at radius 1 is 1.11 bits per heavy atom. The Labute approximate surface area is 202 Å². The van der Waals surface area contributed by atoms with Crippen LogP contribution in [0.5, 0.6) is 0 Å². The Bertz CT molecular complexity index is 1200. The summed E-state index contributed by atoms with van der Waals surface area (Å²) in [6.07, 6.45) is -3.48. The Balaban J connectivity index is 1.64. The zero-order valence-electron chi connectivity index (χ0n) is 20.4. The first-order valence-corrected chi connectivity index (χ1v) is 11.6. The Morgan fingerprint density at radius 2 is 1.77 bits per heavy atom. The zero-order valence-corrected chi connectivity index (χ0v) is 20.4. The number of anilines is 1. The molecule has 0 spiro atoms. The average Bonchev–Trinajstić information content (AvgIpc) is 3.22. The molecule has 1 aromatic carbocycles. The van der Waals surface area contributed by atoms with Gasteiger partial charge in [0, 0.05) is 32.1 Å². The van der Waals surface area contributed by atoms with Gasteiger partial charge in [0.2, 0.25) is 5.91 Å². The topological polar surface area (TPSA) is 79.2 Å². The van der Waals surface area contributed by atoms with Crippen LogP contribution >= 0.6 is 0 Å². The van der Waals surface area contributed by atoms with Crippen molar-refractivity contribution < 1.29 is 18.0 Å². The first-order valence-electron chi connectivity index (χ1n) is 11.6. The molecule has 4 rings (SSSR count). The van der Waals surface area contributed by atoms with Gasteiger partial charge in [0.1, 0.15) is 5.52 Å². The lowest BCUT2D eigenvalue weighted by atomic mass is 9.96. The zero-order chi connectivity index (χ0) is 25.3. The van der Waals surface area contributed by atoms with Gasteiger partial charge in [-0.1, -0.05) is 17.7 Å². The van der Waals surface area contributed by atoms with Gasteiger partial charge in [-0.2, -0.15) is 23.4 Å². The van der Waals surface area contributed by atoms with Crippen molar-refractivity contribution in [2.45, 2.75) is 32.9 Å². The third-order valence-electron chi connectivity index (χ3n) is 6.32. The highest BCUT2D eigenvalue weighted by molar-refractivity contribution is 5.93. The van der Waals surface area contributed by atoms with Crippen LogP contribution in [0.25, 0.3) is 16.6 Å². The van der Waals surface area contributed by atoms with Crippen LogP contribution < -0.4 is 10.2 Å². The van der Waals surface area contributed by atoms with Crippen molar-refractivity contribution in [1.82, 2.24) is 30.2 Å². The number of aromatic nitrogens is 4. The number of piperidine rings is 1. The highest BCUT2D eigenvalue weighted by Gasteiger charge is 2.40. The van der Waals surface area contributed by atoms with Crippen LogP contribution in [0, 0.1) is 19.8 Å². The molecule has 3 aromatic rings. The number of benzene rings is 1. The molecule has 35 heavy (non-hydrogen) atoms. The Kier molecular flexibility index (Phi) is 6.98. The van der Waals surface area contributed by atoms with Gasteiger partial charge < -0.3 is 15.1 Å². The monoisotopic (exact) mass is 489 g/mol. The number of hydrogen-bond acceptors (Lipinski definition) is 6. The second-order valence-corrected chi connectivity index (χ2v) is 9.28. The summed E-state index contributed by atoms with van der Waals surface area (Å²) in [5.74, 6) is 0.182. The predicted octanol–water partition coefficient (Wildman–Crippen LogP) is 3.35. The number of likely N-dealkylation sites (N-methyl/N-ethyl adjacent to an activating group) is 1. The lowest BCUT2D eigenvalue weighted by molar-refractivity contribution is -0.141. The first kappa shape index (κ1) is 24.9. The molecule has 1 aliphatic rings. The van der Waals surface area contributed by atoms with Crippen molar-refractivity contribution in [1.29, 1.82) is 0 Å². The number of carbonyl (C=O) groups excluding carboxylic acids is 1. The molecular formula is C24H30F3N7O. The molecule has 3 heterocycles. The summed E-state index contributed by atoms with van der Waals surface area (Å²) in [5.41, 5.74) is 0.731. The molecule has 1 N–H and O–H groups in total. The number of carbonyl (C=O) groups is 1. The van der Waals surface area contributed by atoms with Gasteiger partial charge in [-0.15, -0.1) is 5.10 Å². The van der Waals surface area contributed by atoms with Crippen LogP contribution in [0.4, 0.5) is 19.0 Å². The lowest BCUT2D eigenvalue weighted by Crippen LogP contribution is -2.42. The molecule has 8 nitrogen and oxygen atoms in total. The third kappa shape index (κ3) is 5.24. The van der Waals surface area contributed by atoms with E-state index in [1.807, 2.05) is 30.8 Å². The molecule has 1 saturated heterocycles. The molecule has 0 atom stereocenters. The minimum Gasteiger partial charge on any atom is -0.355 e. The minimum absolute atomic E-state index is 0.00893. The average molecular weight is 490 g/mol. The van der Waals surface area contributed by atoms with Crippen molar-refractivity contribution in [2.24, 2.45) is 5.92 Å². The van der Waals surface area contributed by atoms with Crippen molar-refractivity contribution in [3.63, 3.8) is 0 Å². The van der Waals surface area contributed by atoms with Crippen molar-refractivity contribution >= 4 is 22.6 Å². The Morgan fingerprint density at radius 3 is 2.37 bits per heavy atom. The fourth-order valence-electron chi connectivity index (χ4n) is 4.39. The molecule has 0 aliphatic carbocycles. The number of fused-ring (bicyclic) bond motifs is 1. The van der Waals surface area contributed by atoms with E-state index in [1.54, 1.807) is 24.3 Å². The van der Waals surface area contributed by atoms with E-state index in [9.17, 15) is 18.0 Å². The SMILES string of the molecule is Cc1ccc(-n2nc3c(N4CCC(C(=O)NCCN(C)C)CC4)nnc(C)c3c2C(F)(F)F)cc1. The van der Waals surface area contributed by atoms with E-state index in [1.165, 1.54) is 6.92 Å². The largest absolute Gasteiger partial charge is 0.434 e. The number of nitrogens with one attached hydrogen (secondary N) is 1. The van der Waals surface area contributed by atoms with Crippen LogP contribution in [-0.4, -0.2) is 71.1 Å². The molecule has 0 radical (unpaired) electrons. The molecule has 1 fully saturated rings. The van der Waals surface area contributed by atoms with E-state index in [0.717, 1.165) is 16.8 Å².